The van der Waals surface area contributed by atoms with Gasteiger partial charge in [0.05, 0.1) is 21.3 Å². The Morgan fingerprint density at radius 3 is 2.21 bits per heavy atom. The van der Waals surface area contributed by atoms with Crippen molar-refractivity contribution in [3.63, 3.8) is 0 Å². The fourth-order valence-electron chi connectivity index (χ4n) is 1.76. The summed E-state index contributed by atoms with van der Waals surface area (Å²) in [5.74, 6) is -1.96. The smallest absolute Gasteiger partial charge is 0.335 e. The van der Waals surface area contributed by atoms with Crippen LogP contribution in [0.3, 0.4) is 0 Å². The molecular weight excluding hydrogens is 352 g/mol. The number of aromatic carboxylic acids is 2. The molecule has 24 heavy (non-hydrogen) atoms. The number of rotatable bonds is 2. The van der Waals surface area contributed by atoms with Gasteiger partial charge in [-0.1, -0.05) is 11.3 Å². The fraction of sp³-hybridized carbons (Fsp3) is 0. The first-order valence-corrected chi connectivity index (χ1v) is 7.72. The minimum atomic E-state index is -0.984. The van der Waals surface area contributed by atoms with Gasteiger partial charge in [0, 0.05) is 10.6 Å². The molecule has 124 valence electrons. The number of thiol groups is 1. The van der Waals surface area contributed by atoms with Gasteiger partial charge in [0.15, 0.2) is 0 Å². The molecular formula is C15H12N2O5S2. The number of carboxylic acids is 2. The molecule has 0 saturated heterocycles. The third kappa shape index (κ3) is 4.15. The molecule has 0 amide bonds. The molecule has 0 fully saturated rings. The maximum atomic E-state index is 10.9. The second-order valence-electron chi connectivity index (χ2n) is 4.61. The normalized spacial score (nSPS) is 10.0. The lowest BCUT2D eigenvalue weighted by atomic mass is 10.2. The third-order valence-corrected chi connectivity index (χ3v) is 4.18. The van der Waals surface area contributed by atoms with Gasteiger partial charge in [-0.15, -0.1) is 12.6 Å². The topological polar surface area (TPSA) is 133 Å². The van der Waals surface area contributed by atoms with Crippen LogP contribution < -0.4 is 10.6 Å². The highest BCUT2D eigenvalue weighted by molar-refractivity contribution is 7.80. The van der Waals surface area contributed by atoms with E-state index >= 15 is 0 Å². The summed E-state index contributed by atoms with van der Waals surface area (Å²) in [4.78, 5) is 34.8. The number of carboxylic acid groups (broad SMARTS) is 2. The van der Waals surface area contributed by atoms with E-state index in [2.05, 4.69) is 17.6 Å². The molecule has 2 aromatic carbocycles. The van der Waals surface area contributed by atoms with Gasteiger partial charge in [0.25, 0.3) is 0 Å². The van der Waals surface area contributed by atoms with Crippen LogP contribution in [0.5, 0.6) is 0 Å². The minimum absolute atomic E-state index is 0.169. The predicted molar refractivity (Wildman–Crippen MR) is 94.5 cm³/mol. The molecule has 7 nitrogen and oxygen atoms in total. The zero-order chi connectivity index (χ0) is 17.9. The predicted octanol–water partition coefficient (Wildman–Crippen LogP) is 2.54. The number of thiazole rings is 1. The Balaban J connectivity index is 0.000000177. The second kappa shape index (κ2) is 7.20. The molecule has 0 unspecified atom stereocenters. The van der Waals surface area contributed by atoms with Crippen LogP contribution in [0.2, 0.25) is 0 Å². The summed E-state index contributed by atoms with van der Waals surface area (Å²) in [6.45, 7) is 0. The molecule has 0 bridgehead atoms. The van der Waals surface area contributed by atoms with Gasteiger partial charge in [0.1, 0.15) is 0 Å². The molecule has 0 radical (unpaired) electrons. The number of fused-ring (bicyclic) bond motifs is 1. The van der Waals surface area contributed by atoms with Gasteiger partial charge < -0.3 is 20.9 Å². The molecule has 0 spiro atoms. The number of nitrogens with one attached hydrogen (secondary N) is 1. The molecule has 1 aromatic heterocycles. The van der Waals surface area contributed by atoms with Crippen molar-refractivity contribution in [3.05, 3.63) is 57.2 Å². The van der Waals surface area contributed by atoms with E-state index in [-0.39, 0.29) is 16.0 Å². The van der Waals surface area contributed by atoms with Crippen molar-refractivity contribution < 1.29 is 19.8 Å². The number of benzene rings is 2. The van der Waals surface area contributed by atoms with Gasteiger partial charge in [-0.2, -0.15) is 0 Å². The van der Waals surface area contributed by atoms with Crippen molar-refractivity contribution in [1.82, 2.24) is 4.98 Å². The highest BCUT2D eigenvalue weighted by Gasteiger charge is 2.05. The zero-order valence-electron chi connectivity index (χ0n) is 12.0. The Bertz CT molecular complexity index is 977. The first kappa shape index (κ1) is 17.6. The molecule has 1 heterocycles. The second-order valence-corrected chi connectivity index (χ2v) is 6.11. The summed E-state index contributed by atoms with van der Waals surface area (Å²) in [5.41, 5.74) is 6.98. The van der Waals surface area contributed by atoms with E-state index in [0.717, 1.165) is 11.3 Å². The summed E-state index contributed by atoms with van der Waals surface area (Å²) in [6, 6.07) is 8.92. The number of hydrogen-bond acceptors (Lipinski definition) is 6. The molecule has 0 aliphatic carbocycles. The SMILES string of the molecule is Nc1ccc(C(=O)O)cc1S.O=C(O)c1ccc2[nH]c(=O)sc2c1. The van der Waals surface area contributed by atoms with Gasteiger partial charge >= 0.3 is 16.8 Å². The van der Waals surface area contributed by atoms with Crippen molar-refractivity contribution in [3.8, 4) is 0 Å². The van der Waals surface area contributed by atoms with E-state index in [4.69, 9.17) is 15.9 Å². The van der Waals surface area contributed by atoms with Crippen LogP contribution in [0.4, 0.5) is 5.69 Å². The van der Waals surface area contributed by atoms with Crippen LogP contribution in [-0.4, -0.2) is 27.1 Å². The third-order valence-electron chi connectivity index (χ3n) is 2.95. The summed E-state index contributed by atoms with van der Waals surface area (Å²) >= 11 is 4.98. The van der Waals surface area contributed by atoms with Crippen LogP contribution in [0.15, 0.2) is 46.1 Å². The lowest BCUT2D eigenvalue weighted by molar-refractivity contribution is 0.0686. The molecule has 5 N–H and O–H groups in total. The minimum Gasteiger partial charge on any atom is -0.478 e. The van der Waals surface area contributed by atoms with Crippen LogP contribution in [-0.2, 0) is 0 Å². The van der Waals surface area contributed by atoms with Crippen molar-refractivity contribution in [2.24, 2.45) is 0 Å². The van der Waals surface area contributed by atoms with Crippen LogP contribution in [0.1, 0.15) is 20.7 Å². The summed E-state index contributed by atoms with van der Waals surface area (Å²) in [6.07, 6.45) is 0. The van der Waals surface area contributed by atoms with Crippen LogP contribution in [0.25, 0.3) is 10.2 Å². The number of aromatic amines is 1. The van der Waals surface area contributed by atoms with Crippen molar-refractivity contribution in [1.29, 1.82) is 0 Å². The Morgan fingerprint density at radius 2 is 1.62 bits per heavy atom. The highest BCUT2D eigenvalue weighted by Crippen LogP contribution is 2.17. The maximum Gasteiger partial charge on any atom is 0.335 e. The molecule has 0 atom stereocenters. The van der Waals surface area contributed by atoms with Gasteiger partial charge in [-0.25, -0.2) is 9.59 Å². The fourth-order valence-corrected chi connectivity index (χ4v) is 2.74. The number of carbonyl (C=O) groups is 2. The monoisotopic (exact) mass is 364 g/mol. The number of nitrogens with two attached hydrogens (primary N) is 1. The quantitative estimate of drug-likeness (QED) is 0.350. The lowest BCUT2D eigenvalue weighted by Gasteiger charge is -1.98. The number of nitrogen functional groups attached to an aromatic ring is 1. The molecule has 3 aromatic rings. The van der Waals surface area contributed by atoms with E-state index in [9.17, 15) is 14.4 Å². The Morgan fingerprint density at radius 1 is 1.04 bits per heavy atom. The summed E-state index contributed by atoms with van der Waals surface area (Å²) in [7, 11) is 0. The van der Waals surface area contributed by atoms with E-state index in [1.54, 1.807) is 6.07 Å². The zero-order valence-corrected chi connectivity index (χ0v) is 13.7. The van der Waals surface area contributed by atoms with Crippen LogP contribution >= 0.6 is 24.0 Å². The number of aromatic nitrogens is 1. The summed E-state index contributed by atoms with van der Waals surface area (Å²) < 4.78 is 0.671. The molecule has 0 aliphatic rings. The maximum absolute atomic E-state index is 10.9. The largest absolute Gasteiger partial charge is 0.478 e. The number of H-pyrrole nitrogens is 1. The first-order valence-electron chi connectivity index (χ1n) is 6.46. The Kier molecular flexibility index (Phi) is 5.27. The molecule has 3 rings (SSSR count). The number of hydrogen-bond donors (Lipinski definition) is 5. The lowest BCUT2D eigenvalue weighted by Crippen LogP contribution is -1.97. The highest BCUT2D eigenvalue weighted by atomic mass is 32.1. The van der Waals surface area contributed by atoms with E-state index in [0.29, 0.717) is 20.8 Å². The Hall–Kier alpha value is -2.78. The van der Waals surface area contributed by atoms with E-state index in [1.807, 2.05) is 0 Å². The van der Waals surface area contributed by atoms with Gasteiger partial charge in [-0.3, -0.25) is 4.79 Å². The van der Waals surface area contributed by atoms with Crippen molar-refractivity contribution in [2.45, 2.75) is 4.90 Å². The first-order chi connectivity index (χ1) is 11.3. The average molecular weight is 364 g/mol. The van der Waals surface area contributed by atoms with Gasteiger partial charge in [0.2, 0.25) is 0 Å². The van der Waals surface area contributed by atoms with E-state index < -0.39 is 11.9 Å². The van der Waals surface area contributed by atoms with Crippen molar-refractivity contribution in [2.75, 3.05) is 5.73 Å². The summed E-state index contributed by atoms with van der Waals surface area (Å²) in [5, 5.41) is 17.2. The molecule has 0 aliphatic heterocycles. The standard InChI is InChI=1S/C8H5NO3S.C7H7NO2S/c10-7(11)4-1-2-5-6(3-4)13-8(12)9-5;8-5-2-1-4(7(9)10)3-6(5)11/h1-3H,(H,9,12)(H,10,11);1-3,11H,8H2,(H,9,10). The number of anilines is 1. The Labute approximate surface area is 144 Å². The van der Waals surface area contributed by atoms with E-state index in [1.165, 1.54) is 30.3 Å². The molecule has 9 heteroatoms. The van der Waals surface area contributed by atoms with Gasteiger partial charge in [-0.05, 0) is 36.4 Å². The molecule has 0 saturated carbocycles. The van der Waals surface area contributed by atoms with Crippen molar-refractivity contribution >= 4 is 51.8 Å². The average Bonchev–Trinajstić information content (AvgIpc) is 2.89. The van der Waals surface area contributed by atoms with Crippen LogP contribution in [0, 0.1) is 0 Å².